The van der Waals surface area contributed by atoms with Crippen molar-refractivity contribution < 1.29 is 9.53 Å². The first-order chi connectivity index (χ1) is 12.0. The van der Waals surface area contributed by atoms with E-state index in [2.05, 4.69) is 28.9 Å². The van der Waals surface area contributed by atoms with Gasteiger partial charge in [0.25, 0.3) is 0 Å². The zero-order chi connectivity index (χ0) is 17.6. The largest absolute Gasteiger partial charge is 0.378 e. The summed E-state index contributed by atoms with van der Waals surface area (Å²) in [4.78, 5) is 19.3. The molecule has 25 heavy (non-hydrogen) atoms. The highest BCUT2D eigenvalue weighted by molar-refractivity contribution is 6.09. The first-order valence-corrected chi connectivity index (χ1v) is 9.01. The van der Waals surface area contributed by atoms with E-state index >= 15 is 0 Å². The topological polar surface area (TPSA) is 66.2 Å². The van der Waals surface area contributed by atoms with E-state index < -0.39 is 0 Å². The third-order valence-electron chi connectivity index (χ3n) is 5.87. The van der Waals surface area contributed by atoms with Gasteiger partial charge in [0.2, 0.25) is 0 Å². The van der Waals surface area contributed by atoms with Crippen LogP contribution in [0.25, 0.3) is 5.70 Å². The Hall–Kier alpha value is -2.19. The number of nitrogens with zero attached hydrogens (tertiary/aromatic N) is 3. The highest BCUT2D eigenvalue weighted by atomic mass is 16.5. The van der Waals surface area contributed by atoms with Gasteiger partial charge in [-0.15, -0.1) is 0 Å². The molecule has 2 heterocycles. The number of carbonyl (C=O) groups excluding carboxylic acids is 1. The maximum absolute atomic E-state index is 12.5. The molecule has 5 heteroatoms. The molecule has 0 spiro atoms. The molecule has 0 bridgehead atoms. The van der Waals surface area contributed by atoms with Gasteiger partial charge in [-0.3, -0.25) is 9.78 Å². The number of rotatable bonds is 3. The number of likely N-dealkylation sites (tertiary alicyclic amines) is 1. The molecular weight excluding hydrogens is 314 g/mol. The van der Waals surface area contributed by atoms with Gasteiger partial charge in [-0.25, -0.2) is 0 Å². The summed E-state index contributed by atoms with van der Waals surface area (Å²) in [5.74, 6) is 0.457. The fourth-order valence-electron chi connectivity index (χ4n) is 3.84. The Bertz CT molecular complexity index is 794. The maximum Gasteiger partial charge on any atom is 0.179 e. The number of nitriles is 1. The molecule has 0 unspecified atom stereocenters. The van der Waals surface area contributed by atoms with Crippen molar-refractivity contribution in [3.8, 4) is 6.07 Å². The first kappa shape index (κ1) is 16.3. The average Bonchev–Trinajstić information content (AvgIpc) is 3.46. The molecule has 2 aliphatic carbocycles. The fourth-order valence-corrected chi connectivity index (χ4v) is 3.84. The lowest BCUT2D eigenvalue weighted by molar-refractivity contribution is -0.114. The maximum atomic E-state index is 12.5. The summed E-state index contributed by atoms with van der Waals surface area (Å²) < 4.78 is 5.63. The van der Waals surface area contributed by atoms with Crippen LogP contribution in [0.15, 0.2) is 17.8 Å². The lowest BCUT2D eigenvalue weighted by atomic mass is 9.86. The van der Waals surface area contributed by atoms with E-state index in [9.17, 15) is 10.1 Å². The summed E-state index contributed by atoms with van der Waals surface area (Å²) >= 11 is 0. The van der Waals surface area contributed by atoms with E-state index in [-0.39, 0.29) is 17.8 Å². The molecule has 0 aromatic carbocycles. The second-order valence-corrected chi connectivity index (χ2v) is 7.62. The Labute approximate surface area is 148 Å². The van der Waals surface area contributed by atoms with Crippen LogP contribution in [0.5, 0.6) is 0 Å². The van der Waals surface area contributed by atoms with E-state index in [4.69, 9.17) is 4.74 Å². The number of pyridine rings is 1. The van der Waals surface area contributed by atoms with E-state index in [1.807, 2.05) is 6.20 Å². The number of piperidine rings is 1. The molecule has 5 nitrogen and oxygen atoms in total. The van der Waals surface area contributed by atoms with Crippen LogP contribution in [0, 0.1) is 11.3 Å². The van der Waals surface area contributed by atoms with Crippen LogP contribution in [-0.4, -0.2) is 41.5 Å². The van der Waals surface area contributed by atoms with Gasteiger partial charge in [0.1, 0.15) is 11.6 Å². The molecule has 1 aromatic rings. The van der Waals surface area contributed by atoms with Gasteiger partial charge in [-0.05, 0) is 44.2 Å². The Balaban J connectivity index is 1.75. The van der Waals surface area contributed by atoms with Gasteiger partial charge in [-0.1, -0.05) is 0 Å². The van der Waals surface area contributed by atoms with Crippen molar-refractivity contribution in [2.75, 3.05) is 20.2 Å². The lowest BCUT2D eigenvalue weighted by Crippen LogP contribution is -2.43. The second kappa shape index (κ2) is 5.96. The number of allylic oxidation sites excluding steroid dienone is 1. The predicted octanol–water partition coefficient (Wildman–Crippen LogP) is 2.82. The molecule has 1 saturated carbocycles. The number of aromatic nitrogens is 1. The van der Waals surface area contributed by atoms with E-state index in [1.165, 1.54) is 12.8 Å². The highest BCUT2D eigenvalue weighted by Crippen LogP contribution is 2.42. The molecule has 3 aliphatic rings. The number of ether oxygens (including phenoxy) is 1. The first-order valence-electron chi connectivity index (χ1n) is 9.01. The number of fused-ring (bicyclic) bond motifs is 1. The molecule has 1 aliphatic heterocycles. The molecule has 0 atom stereocenters. The van der Waals surface area contributed by atoms with Crippen LogP contribution in [0.1, 0.15) is 55.3 Å². The van der Waals surface area contributed by atoms with Crippen molar-refractivity contribution in [2.24, 2.45) is 0 Å². The second-order valence-electron chi connectivity index (χ2n) is 7.62. The number of carbonyl (C=O) groups is 1. The number of methoxy groups -OCH3 is 1. The molecule has 0 radical (unpaired) electrons. The van der Waals surface area contributed by atoms with Crippen molar-refractivity contribution in [3.05, 3.63) is 34.7 Å². The highest BCUT2D eigenvalue weighted by Gasteiger charge is 2.36. The predicted molar refractivity (Wildman–Crippen MR) is 93.7 cm³/mol. The van der Waals surface area contributed by atoms with Crippen LogP contribution in [0.2, 0.25) is 0 Å². The third-order valence-corrected chi connectivity index (χ3v) is 5.87. The summed E-state index contributed by atoms with van der Waals surface area (Å²) in [6.45, 7) is 3.70. The van der Waals surface area contributed by atoms with Gasteiger partial charge in [0, 0.05) is 50.0 Å². The molecule has 4 rings (SSSR count). The zero-order valence-electron chi connectivity index (χ0n) is 14.8. The number of hydrogen-bond acceptors (Lipinski definition) is 5. The summed E-state index contributed by atoms with van der Waals surface area (Å²) in [5.41, 5.74) is 4.08. The molecule has 0 amide bonds. The summed E-state index contributed by atoms with van der Waals surface area (Å²) in [5, 5.41) is 9.63. The number of Topliss-reactive ketones (excluding diaryl/α,β-unsaturated/α-hetero) is 1. The average molecular weight is 337 g/mol. The van der Waals surface area contributed by atoms with Crippen LogP contribution in [0.3, 0.4) is 0 Å². The molecule has 1 saturated heterocycles. The van der Waals surface area contributed by atoms with Gasteiger partial charge in [0.05, 0.1) is 11.3 Å². The standard InChI is InChI=1S/C20H23N3O2/c1-20(25-2)5-7-23(8-6-20)19-15-10-17(13-3-4-13)22-12-14(15)9-18(24)16(19)11-21/h10,12-13H,3-9H2,1-2H3. The molecule has 1 aromatic heterocycles. The van der Waals surface area contributed by atoms with Gasteiger partial charge < -0.3 is 9.64 Å². The zero-order valence-corrected chi connectivity index (χ0v) is 14.8. The monoisotopic (exact) mass is 337 g/mol. The van der Waals surface area contributed by atoms with E-state index in [0.717, 1.165) is 48.4 Å². The van der Waals surface area contributed by atoms with Crippen LogP contribution < -0.4 is 0 Å². The Kier molecular flexibility index (Phi) is 3.88. The Morgan fingerprint density at radius 1 is 1.36 bits per heavy atom. The van der Waals surface area contributed by atoms with Crippen LogP contribution in [-0.2, 0) is 16.0 Å². The minimum absolute atomic E-state index is 0.0916. The number of ketones is 1. The smallest absolute Gasteiger partial charge is 0.179 e. The minimum atomic E-state index is -0.122. The van der Waals surface area contributed by atoms with Crippen molar-refractivity contribution in [1.82, 2.24) is 9.88 Å². The van der Waals surface area contributed by atoms with E-state index in [0.29, 0.717) is 11.5 Å². The molecule has 0 N–H and O–H groups in total. The van der Waals surface area contributed by atoms with Crippen LogP contribution in [0.4, 0.5) is 0 Å². The normalized spacial score (nSPS) is 22.6. The molecular formula is C20H23N3O2. The molecule has 2 fully saturated rings. The lowest BCUT2D eigenvalue weighted by Gasteiger charge is -2.41. The van der Waals surface area contributed by atoms with Crippen molar-refractivity contribution in [1.29, 1.82) is 5.26 Å². The quantitative estimate of drug-likeness (QED) is 0.848. The van der Waals surface area contributed by atoms with E-state index in [1.54, 1.807) is 7.11 Å². The van der Waals surface area contributed by atoms with Crippen LogP contribution >= 0.6 is 0 Å². The Morgan fingerprint density at radius 2 is 2.08 bits per heavy atom. The number of hydrogen-bond donors (Lipinski definition) is 0. The van der Waals surface area contributed by atoms with Gasteiger partial charge in [-0.2, -0.15) is 5.26 Å². The SMILES string of the molecule is COC1(C)CCN(C2=C(C#N)C(=O)Cc3cnc(C4CC4)cc32)CC1. The summed E-state index contributed by atoms with van der Waals surface area (Å²) in [6.07, 6.45) is 6.27. The Morgan fingerprint density at radius 3 is 2.68 bits per heavy atom. The minimum Gasteiger partial charge on any atom is -0.378 e. The third kappa shape index (κ3) is 2.85. The van der Waals surface area contributed by atoms with Gasteiger partial charge >= 0.3 is 0 Å². The summed E-state index contributed by atoms with van der Waals surface area (Å²) in [6, 6.07) is 4.30. The van der Waals surface area contributed by atoms with Gasteiger partial charge in [0.15, 0.2) is 5.78 Å². The van der Waals surface area contributed by atoms with Crippen molar-refractivity contribution in [3.63, 3.8) is 0 Å². The van der Waals surface area contributed by atoms with Crippen molar-refractivity contribution in [2.45, 2.75) is 50.5 Å². The fraction of sp³-hybridized carbons (Fsp3) is 0.550. The van der Waals surface area contributed by atoms with Crippen molar-refractivity contribution >= 4 is 11.5 Å². The molecule has 130 valence electrons. The summed E-state index contributed by atoms with van der Waals surface area (Å²) in [7, 11) is 1.75.